The predicted octanol–water partition coefficient (Wildman–Crippen LogP) is 0.278. The molecular weight excluding hydrogens is 644 g/mol. The van der Waals surface area contributed by atoms with E-state index in [1.165, 1.54) is 0 Å². The maximum absolute atomic E-state index is 13.9. The third kappa shape index (κ3) is 11.3. The Morgan fingerprint density at radius 3 is 1.88 bits per heavy atom. The van der Waals surface area contributed by atoms with Crippen LogP contribution in [0.5, 0.6) is 0 Å². The highest BCUT2D eigenvalue weighted by Crippen LogP contribution is 2.20. The first kappa shape index (κ1) is 39.5. The van der Waals surface area contributed by atoms with E-state index < -0.39 is 90.4 Å². The Morgan fingerprint density at radius 2 is 1.30 bits per heavy atom. The molecule has 0 aliphatic carbocycles. The van der Waals surface area contributed by atoms with Crippen molar-refractivity contribution in [3.63, 3.8) is 0 Å². The molecule has 1 aromatic heterocycles. The number of aromatic nitrogens is 1. The summed E-state index contributed by atoms with van der Waals surface area (Å²) in [6, 6.07) is 1.55. The summed E-state index contributed by atoms with van der Waals surface area (Å²) in [5.74, 6) is -5.55. The van der Waals surface area contributed by atoms with E-state index in [0.717, 1.165) is 16.5 Å². The summed E-state index contributed by atoms with van der Waals surface area (Å²) >= 11 is 0. The van der Waals surface area contributed by atoms with E-state index in [2.05, 4.69) is 36.9 Å². The van der Waals surface area contributed by atoms with Gasteiger partial charge in [0.1, 0.15) is 30.2 Å². The molecule has 7 amide bonds. The highest BCUT2D eigenvalue weighted by Gasteiger charge is 2.35. The van der Waals surface area contributed by atoms with Crippen molar-refractivity contribution in [2.75, 3.05) is 6.54 Å². The fraction of sp³-hybridized carbons (Fsp3) is 0.571. The average molecular weight is 697 g/mol. The van der Waals surface area contributed by atoms with Crippen molar-refractivity contribution in [1.29, 1.82) is 0 Å². The number of para-hydroxylation sites is 1. The van der Waals surface area contributed by atoms with Gasteiger partial charge in [-0.3, -0.25) is 33.6 Å². The molecule has 9 N–H and O–H groups in total. The van der Waals surface area contributed by atoms with E-state index in [-0.39, 0.29) is 31.1 Å². The first-order valence-electron chi connectivity index (χ1n) is 17.2. The van der Waals surface area contributed by atoms with Gasteiger partial charge >= 0.3 is 0 Å². The van der Waals surface area contributed by atoms with Gasteiger partial charge in [-0.15, -0.1) is 0 Å². The Labute approximate surface area is 292 Å². The van der Waals surface area contributed by atoms with Crippen LogP contribution in [0.25, 0.3) is 10.9 Å². The first-order valence-corrected chi connectivity index (χ1v) is 17.2. The number of H-pyrrole nitrogens is 1. The summed E-state index contributed by atoms with van der Waals surface area (Å²) in [4.78, 5) is 96.6. The van der Waals surface area contributed by atoms with Gasteiger partial charge in [0.05, 0.1) is 13.0 Å². The van der Waals surface area contributed by atoms with Crippen LogP contribution in [0.15, 0.2) is 30.5 Å². The number of benzene rings is 1. The molecule has 0 spiro atoms. The molecule has 1 aliphatic heterocycles. The number of carbonyl (C=O) groups excluding carboxylic acids is 7. The van der Waals surface area contributed by atoms with Crippen LogP contribution in [0.1, 0.15) is 72.8 Å². The van der Waals surface area contributed by atoms with Gasteiger partial charge in [0.2, 0.25) is 41.4 Å². The summed E-state index contributed by atoms with van der Waals surface area (Å²) in [5.41, 5.74) is 6.94. The Hall–Kier alpha value is -4.95. The van der Waals surface area contributed by atoms with Crippen molar-refractivity contribution in [2.24, 2.45) is 23.5 Å². The lowest BCUT2D eigenvalue weighted by Gasteiger charge is -2.30. The van der Waals surface area contributed by atoms with Crippen molar-refractivity contribution < 1.29 is 33.6 Å². The molecule has 2 heterocycles. The smallest absolute Gasteiger partial charge is 0.243 e. The third-order valence-corrected chi connectivity index (χ3v) is 8.69. The van der Waals surface area contributed by atoms with Gasteiger partial charge in [-0.05, 0) is 42.2 Å². The largest absolute Gasteiger partial charge is 0.370 e. The van der Waals surface area contributed by atoms with Gasteiger partial charge in [-0.25, -0.2) is 0 Å². The summed E-state index contributed by atoms with van der Waals surface area (Å²) in [5, 5.41) is 16.7. The fourth-order valence-electron chi connectivity index (χ4n) is 5.84. The topological polar surface area (TPSA) is 233 Å². The van der Waals surface area contributed by atoms with E-state index in [4.69, 9.17) is 5.73 Å². The Kier molecular flexibility index (Phi) is 14.3. The van der Waals surface area contributed by atoms with Gasteiger partial charge in [0.15, 0.2) is 0 Å². The van der Waals surface area contributed by atoms with Crippen LogP contribution in [-0.2, 0) is 40.0 Å². The molecular formula is C35H52N8O7. The van der Waals surface area contributed by atoms with E-state index in [1.807, 2.05) is 58.9 Å². The molecule has 0 radical (unpaired) electrons. The van der Waals surface area contributed by atoms with Crippen molar-refractivity contribution in [3.05, 3.63) is 36.0 Å². The molecule has 0 saturated carbocycles. The van der Waals surface area contributed by atoms with Crippen LogP contribution >= 0.6 is 0 Å². The van der Waals surface area contributed by atoms with E-state index in [1.54, 1.807) is 13.1 Å². The van der Waals surface area contributed by atoms with Crippen molar-refractivity contribution >= 4 is 52.3 Å². The van der Waals surface area contributed by atoms with E-state index in [0.29, 0.717) is 6.42 Å². The minimum Gasteiger partial charge on any atom is -0.370 e. The Balaban J connectivity index is 2.05. The number of aromatic amines is 1. The molecule has 1 aliphatic rings. The number of primary amides is 1. The predicted molar refractivity (Wildman–Crippen MR) is 187 cm³/mol. The Morgan fingerprint density at radius 1 is 0.740 bits per heavy atom. The van der Waals surface area contributed by atoms with Crippen molar-refractivity contribution in [3.8, 4) is 0 Å². The van der Waals surface area contributed by atoms with E-state index >= 15 is 0 Å². The van der Waals surface area contributed by atoms with Crippen LogP contribution in [0.4, 0.5) is 0 Å². The molecule has 1 fully saturated rings. The lowest BCUT2D eigenvalue weighted by molar-refractivity contribution is -0.137. The van der Waals surface area contributed by atoms with Crippen molar-refractivity contribution in [1.82, 2.24) is 36.9 Å². The number of nitrogens with one attached hydrogen (secondary N) is 7. The number of hydrogen-bond donors (Lipinski definition) is 8. The van der Waals surface area contributed by atoms with E-state index in [9.17, 15) is 33.6 Å². The Bertz CT molecular complexity index is 1550. The third-order valence-electron chi connectivity index (χ3n) is 8.69. The van der Waals surface area contributed by atoms with Crippen molar-refractivity contribution in [2.45, 2.75) is 104 Å². The zero-order valence-corrected chi connectivity index (χ0v) is 29.7. The second-order valence-corrected chi connectivity index (χ2v) is 13.9. The normalized spacial score (nSPS) is 24.0. The summed E-state index contributed by atoms with van der Waals surface area (Å²) < 4.78 is 0. The van der Waals surface area contributed by atoms with Crippen LogP contribution in [0, 0.1) is 17.8 Å². The molecule has 50 heavy (non-hydrogen) atoms. The number of carbonyl (C=O) groups is 7. The van der Waals surface area contributed by atoms with Crippen LogP contribution in [0.2, 0.25) is 0 Å². The standard InChI is InChI=1S/C35H52N8O7/c1-7-20(6)30-35(50)42-27(15-28(36)44)31(46)38-17-29(45)39-26(14-21-16-37-23-11-9-8-10-22(21)23)33(48)40-24(12-18(2)3)32(47)41-25(13-19(4)5)34(49)43-30/h8-11,16,18-20,24-27,30,37H,7,12-15,17H2,1-6H3,(H2,36,44)(H,38,46)(H,39,45)(H,40,48)(H,41,47)(H,42,50)(H,43,49)/t20-,24-,25?,26+,27-,30-/m1/s1. The van der Waals surface area contributed by atoms with Gasteiger partial charge in [0, 0.05) is 23.5 Å². The quantitative estimate of drug-likeness (QED) is 0.173. The second kappa shape index (κ2) is 18.2. The summed E-state index contributed by atoms with van der Waals surface area (Å²) in [6.45, 7) is 10.5. The minimum absolute atomic E-state index is 0.0371. The molecule has 2 aromatic rings. The molecule has 0 bridgehead atoms. The van der Waals surface area contributed by atoms with Crippen LogP contribution in [0.3, 0.4) is 0 Å². The fourth-order valence-corrected chi connectivity index (χ4v) is 5.84. The zero-order valence-electron chi connectivity index (χ0n) is 29.7. The SMILES string of the molecule is CC[C@@H](C)[C@H]1NC(=O)C(CC(C)C)NC(=O)[C@@H](CC(C)C)NC(=O)[C@H](Cc2c[nH]c3ccccc23)NC(=O)CNC(=O)[C@@H](CC(N)=O)NC1=O. The van der Waals surface area contributed by atoms with Crippen LogP contribution in [-0.4, -0.2) is 83.1 Å². The zero-order chi connectivity index (χ0) is 37.1. The molecule has 1 saturated heterocycles. The first-order chi connectivity index (χ1) is 23.6. The lowest BCUT2D eigenvalue weighted by Crippen LogP contribution is -2.61. The van der Waals surface area contributed by atoms with Gasteiger partial charge in [-0.1, -0.05) is 66.2 Å². The lowest BCUT2D eigenvalue weighted by atomic mass is 9.95. The number of rotatable bonds is 10. The van der Waals surface area contributed by atoms with Gasteiger partial charge in [-0.2, -0.15) is 0 Å². The molecule has 15 heteroatoms. The van der Waals surface area contributed by atoms with Crippen LogP contribution < -0.4 is 37.6 Å². The molecule has 15 nitrogen and oxygen atoms in total. The summed E-state index contributed by atoms with van der Waals surface area (Å²) in [7, 11) is 0. The summed E-state index contributed by atoms with van der Waals surface area (Å²) in [6.07, 6.45) is 2.12. The number of amides is 7. The van der Waals surface area contributed by atoms with Gasteiger partial charge in [0.25, 0.3) is 0 Å². The number of hydrogen-bond acceptors (Lipinski definition) is 7. The highest BCUT2D eigenvalue weighted by molar-refractivity contribution is 5.99. The molecule has 3 rings (SSSR count). The average Bonchev–Trinajstić information content (AvgIpc) is 3.45. The molecule has 274 valence electrons. The monoisotopic (exact) mass is 696 g/mol. The number of fused-ring (bicyclic) bond motifs is 1. The second-order valence-electron chi connectivity index (χ2n) is 13.9. The number of nitrogens with two attached hydrogens (primary N) is 1. The molecule has 6 atom stereocenters. The molecule has 1 unspecified atom stereocenters. The maximum Gasteiger partial charge on any atom is 0.243 e. The minimum atomic E-state index is -1.46. The molecule has 1 aromatic carbocycles. The van der Waals surface area contributed by atoms with Gasteiger partial charge < -0.3 is 42.6 Å². The highest BCUT2D eigenvalue weighted by atomic mass is 16.2. The maximum atomic E-state index is 13.9.